The van der Waals surface area contributed by atoms with E-state index in [1.165, 1.54) is 23.5 Å². The van der Waals surface area contributed by atoms with Crippen LogP contribution in [0.3, 0.4) is 0 Å². The summed E-state index contributed by atoms with van der Waals surface area (Å²) in [6.07, 6.45) is 0. The third-order valence-corrected chi connectivity index (χ3v) is 3.98. The van der Waals surface area contributed by atoms with Gasteiger partial charge in [-0.05, 0) is 42.7 Å². The molecule has 4 heteroatoms. The highest BCUT2D eigenvalue weighted by molar-refractivity contribution is 7.16. The lowest BCUT2D eigenvalue weighted by atomic mass is 10.0. The Hall–Kier alpha value is -1.86. The summed E-state index contributed by atoms with van der Waals surface area (Å²) in [4.78, 5) is 1.36. The summed E-state index contributed by atoms with van der Waals surface area (Å²) in [6, 6.07) is 6.70. The molecule has 1 aromatic carbocycles. The average Bonchev–Trinajstić information content (AvgIpc) is 2.59. The second kappa shape index (κ2) is 4.19. The minimum absolute atomic E-state index is 0.282. The summed E-state index contributed by atoms with van der Waals surface area (Å²) in [7, 11) is 0. The van der Waals surface area contributed by atoms with E-state index in [1.807, 2.05) is 13.8 Å². The fourth-order valence-electron chi connectivity index (χ4n) is 1.71. The first kappa shape index (κ1) is 11.6. The van der Waals surface area contributed by atoms with Crippen LogP contribution in [0.15, 0.2) is 18.2 Å². The van der Waals surface area contributed by atoms with E-state index in [-0.39, 0.29) is 5.82 Å². The zero-order chi connectivity index (χ0) is 12.6. The van der Waals surface area contributed by atoms with Crippen molar-refractivity contribution < 1.29 is 4.39 Å². The van der Waals surface area contributed by atoms with Gasteiger partial charge >= 0.3 is 0 Å². The van der Waals surface area contributed by atoms with Crippen molar-refractivity contribution in [3.05, 3.63) is 40.0 Å². The normalized spacial score (nSPS) is 10.2. The Morgan fingerprint density at radius 2 is 2.06 bits per heavy atom. The lowest BCUT2D eigenvalue weighted by Crippen LogP contribution is -1.89. The topological polar surface area (TPSA) is 49.8 Å². The quantitative estimate of drug-likeness (QED) is 0.835. The van der Waals surface area contributed by atoms with Crippen molar-refractivity contribution in [1.82, 2.24) is 0 Å². The monoisotopic (exact) mass is 246 g/mol. The second-order valence-electron chi connectivity index (χ2n) is 3.87. The van der Waals surface area contributed by atoms with Gasteiger partial charge in [0.25, 0.3) is 0 Å². The average molecular weight is 246 g/mol. The van der Waals surface area contributed by atoms with Crippen LogP contribution < -0.4 is 5.73 Å². The maximum Gasteiger partial charge on any atom is 0.128 e. The first-order chi connectivity index (χ1) is 8.04. The summed E-state index contributed by atoms with van der Waals surface area (Å²) in [5.74, 6) is -0.282. The molecule has 0 spiro atoms. The molecule has 0 saturated carbocycles. The van der Waals surface area contributed by atoms with Gasteiger partial charge in [0.05, 0.1) is 5.69 Å². The number of halogens is 1. The number of hydrogen-bond donors (Lipinski definition) is 1. The van der Waals surface area contributed by atoms with Crippen LogP contribution in [-0.2, 0) is 0 Å². The molecular weight excluding hydrogens is 235 g/mol. The number of aryl methyl sites for hydroxylation is 1. The van der Waals surface area contributed by atoms with Crippen molar-refractivity contribution in [3.63, 3.8) is 0 Å². The number of nitrogens with zero attached hydrogens (tertiary/aromatic N) is 1. The maximum absolute atomic E-state index is 13.3. The van der Waals surface area contributed by atoms with Gasteiger partial charge in [0.15, 0.2) is 0 Å². The van der Waals surface area contributed by atoms with Gasteiger partial charge in [0, 0.05) is 4.88 Å². The van der Waals surface area contributed by atoms with Gasteiger partial charge in [-0.25, -0.2) is 4.39 Å². The Morgan fingerprint density at radius 1 is 1.35 bits per heavy atom. The first-order valence-electron chi connectivity index (χ1n) is 5.10. The summed E-state index contributed by atoms with van der Waals surface area (Å²) in [5.41, 5.74) is 8.96. The van der Waals surface area contributed by atoms with Crippen LogP contribution in [0, 0.1) is 31.0 Å². The van der Waals surface area contributed by atoms with E-state index in [2.05, 4.69) is 6.07 Å². The van der Waals surface area contributed by atoms with E-state index in [9.17, 15) is 4.39 Å². The molecule has 0 atom stereocenters. The van der Waals surface area contributed by atoms with Gasteiger partial charge in [-0.15, -0.1) is 11.3 Å². The number of nitriles is 1. The number of nitrogens with two attached hydrogens (primary N) is 1. The van der Waals surface area contributed by atoms with Crippen molar-refractivity contribution in [2.75, 3.05) is 5.73 Å². The molecule has 0 aliphatic rings. The van der Waals surface area contributed by atoms with Gasteiger partial charge in [-0.3, -0.25) is 0 Å². The highest BCUT2D eigenvalue weighted by atomic mass is 32.1. The zero-order valence-electron chi connectivity index (χ0n) is 9.54. The van der Waals surface area contributed by atoms with Crippen LogP contribution in [-0.4, -0.2) is 0 Å². The van der Waals surface area contributed by atoms with Crippen LogP contribution in [0.4, 0.5) is 10.1 Å². The van der Waals surface area contributed by atoms with Gasteiger partial charge in [0.1, 0.15) is 16.8 Å². The van der Waals surface area contributed by atoms with Crippen molar-refractivity contribution in [1.29, 1.82) is 5.26 Å². The summed E-state index contributed by atoms with van der Waals surface area (Å²) < 4.78 is 13.3. The number of hydrogen-bond acceptors (Lipinski definition) is 3. The number of rotatable bonds is 1. The van der Waals surface area contributed by atoms with Gasteiger partial charge in [-0.2, -0.15) is 5.26 Å². The number of anilines is 1. The van der Waals surface area contributed by atoms with Gasteiger partial charge in [0.2, 0.25) is 0 Å². The molecule has 0 unspecified atom stereocenters. The molecule has 0 radical (unpaired) electrons. The molecule has 0 fully saturated rings. The minimum atomic E-state index is -0.282. The number of nitrogen functional groups attached to an aromatic ring is 1. The van der Waals surface area contributed by atoms with E-state index >= 15 is 0 Å². The molecule has 2 N–H and O–H groups in total. The summed E-state index contributed by atoms with van der Waals surface area (Å²) >= 11 is 1.31. The lowest BCUT2D eigenvalue weighted by Gasteiger charge is -2.04. The molecule has 0 bridgehead atoms. The Balaban J connectivity index is 2.69. The first-order valence-corrected chi connectivity index (χ1v) is 5.91. The van der Waals surface area contributed by atoms with Crippen LogP contribution in [0.2, 0.25) is 0 Å². The Labute approximate surface area is 103 Å². The third-order valence-electron chi connectivity index (χ3n) is 2.74. The highest BCUT2D eigenvalue weighted by Gasteiger charge is 2.15. The van der Waals surface area contributed by atoms with Crippen molar-refractivity contribution in [3.8, 4) is 16.5 Å². The zero-order valence-corrected chi connectivity index (χ0v) is 10.4. The van der Waals surface area contributed by atoms with Crippen LogP contribution in [0.5, 0.6) is 0 Å². The third kappa shape index (κ3) is 1.90. The maximum atomic E-state index is 13.3. The Bertz CT molecular complexity index is 623. The van der Waals surface area contributed by atoms with E-state index in [4.69, 9.17) is 11.0 Å². The molecule has 2 aromatic rings. The molecule has 0 amide bonds. The SMILES string of the molecule is Cc1ccc(F)cc1-c1sc(C#N)c(N)c1C. The fourth-order valence-corrected chi connectivity index (χ4v) is 2.81. The molecule has 0 saturated heterocycles. The lowest BCUT2D eigenvalue weighted by molar-refractivity contribution is 0.628. The molecule has 17 heavy (non-hydrogen) atoms. The summed E-state index contributed by atoms with van der Waals surface area (Å²) in [6.45, 7) is 3.77. The van der Waals surface area contributed by atoms with Crippen molar-refractivity contribution in [2.24, 2.45) is 0 Å². The van der Waals surface area contributed by atoms with Crippen molar-refractivity contribution >= 4 is 17.0 Å². The second-order valence-corrected chi connectivity index (χ2v) is 4.89. The molecule has 0 aliphatic carbocycles. The minimum Gasteiger partial charge on any atom is -0.397 e. The fraction of sp³-hybridized carbons (Fsp3) is 0.154. The van der Waals surface area contributed by atoms with Crippen LogP contribution in [0.25, 0.3) is 10.4 Å². The summed E-state index contributed by atoms with van der Waals surface area (Å²) in [5, 5.41) is 8.93. The molecular formula is C13H11FN2S. The largest absolute Gasteiger partial charge is 0.397 e. The molecule has 86 valence electrons. The van der Waals surface area contributed by atoms with E-state index in [1.54, 1.807) is 6.07 Å². The van der Waals surface area contributed by atoms with E-state index in [0.717, 1.165) is 21.6 Å². The molecule has 1 heterocycles. The predicted molar refractivity (Wildman–Crippen MR) is 68.3 cm³/mol. The smallest absolute Gasteiger partial charge is 0.128 e. The van der Waals surface area contributed by atoms with Crippen LogP contribution in [0.1, 0.15) is 16.0 Å². The highest BCUT2D eigenvalue weighted by Crippen LogP contribution is 2.39. The Kier molecular flexibility index (Phi) is 2.86. The molecule has 2 nitrogen and oxygen atoms in total. The predicted octanol–water partition coefficient (Wildman–Crippen LogP) is 3.62. The number of benzene rings is 1. The Morgan fingerprint density at radius 3 is 2.65 bits per heavy atom. The number of thiophene rings is 1. The molecule has 1 aromatic heterocycles. The van der Waals surface area contributed by atoms with Gasteiger partial charge in [-0.1, -0.05) is 6.07 Å². The van der Waals surface area contributed by atoms with E-state index < -0.39 is 0 Å². The van der Waals surface area contributed by atoms with Crippen molar-refractivity contribution in [2.45, 2.75) is 13.8 Å². The van der Waals surface area contributed by atoms with Crippen LogP contribution >= 0.6 is 11.3 Å². The standard InChI is InChI=1S/C13H11FN2S/c1-7-3-4-9(14)5-10(7)13-8(2)12(16)11(6-15)17-13/h3-5H,16H2,1-2H3. The molecule has 0 aliphatic heterocycles. The molecule has 2 rings (SSSR count). The van der Waals surface area contributed by atoms with Gasteiger partial charge < -0.3 is 5.73 Å². The van der Waals surface area contributed by atoms with E-state index in [0.29, 0.717) is 10.6 Å².